The molecular weight excluding hydrogens is 382 g/mol. The van der Waals surface area contributed by atoms with E-state index in [0.29, 0.717) is 6.42 Å². The largest absolute Gasteiger partial charge is 0.394 e. The maximum Gasteiger partial charge on any atom is 0.111 e. The SMILES string of the molecule is NCCCCCCCCCCCCCCCCCCC1O[C@H](CO)[C@H](O)[C@H](O)[C@H]1O. The average Bonchev–Trinajstić information content (AvgIpc) is 2.75. The standard InChI is InChI=1S/C24H49NO5/c25-18-16-14-12-10-8-6-4-2-1-3-5-7-9-11-13-15-17-20-22(27)24(29)23(28)21(19-26)30-20/h20-24,26-29H,1-19,25H2/t20?,21-,22+,23+,24-/m1/s1. The Labute approximate surface area is 184 Å². The van der Waals surface area contributed by atoms with Crippen molar-refractivity contribution in [3.8, 4) is 0 Å². The zero-order valence-electron chi connectivity index (χ0n) is 19.1. The van der Waals surface area contributed by atoms with E-state index >= 15 is 0 Å². The Morgan fingerprint density at radius 1 is 0.500 bits per heavy atom. The number of rotatable bonds is 19. The second kappa shape index (κ2) is 18.3. The van der Waals surface area contributed by atoms with Crippen molar-refractivity contribution in [2.24, 2.45) is 5.73 Å². The first-order chi connectivity index (χ1) is 14.6. The molecule has 1 unspecified atom stereocenters. The first-order valence-corrected chi connectivity index (χ1v) is 12.6. The molecule has 0 amide bonds. The minimum atomic E-state index is -1.25. The number of aliphatic hydroxyl groups excluding tert-OH is 4. The van der Waals surface area contributed by atoms with Gasteiger partial charge < -0.3 is 30.9 Å². The highest BCUT2D eigenvalue weighted by atomic mass is 16.5. The number of ether oxygens (including phenoxy) is 1. The van der Waals surface area contributed by atoms with Gasteiger partial charge in [-0.05, 0) is 19.4 Å². The molecule has 5 atom stereocenters. The molecule has 180 valence electrons. The van der Waals surface area contributed by atoms with E-state index in [-0.39, 0.29) is 6.61 Å². The van der Waals surface area contributed by atoms with Crippen LogP contribution in [0.25, 0.3) is 0 Å². The molecular formula is C24H49NO5. The quantitative estimate of drug-likeness (QED) is 0.200. The van der Waals surface area contributed by atoms with Crippen molar-refractivity contribution in [1.29, 1.82) is 0 Å². The van der Waals surface area contributed by atoms with Crippen molar-refractivity contribution in [1.82, 2.24) is 0 Å². The first-order valence-electron chi connectivity index (χ1n) is 12.6. The number of hydrogen-bond acceptors (Lipinski definition) is 6. The second-order valence-corrected chi connectivity index (χ2v) is 9.10. The molecule has 6 N–H and O–H groups in total. The predicted octanol–water partition coefficient (Wildman–Crippen LogP) is 3.42. The molecule has 0 aliphatic carbocycles. The number of aliphatic hydroxyl groups is 4. The summed E-state index contributed by atoms with van der Waals surface area (Å²) in [5, 5.41) is 38.9. The van der Waals surface area contributed by atoms with Crippen LogP contribution in [0.3, 0.4) is 0 Å². The average molecular weight is 432 g/mol. The van der Waals surface area contributed by atoms with E-state index in [1.807, 2.05) is 0 Å². The summed E-state index contributed by atoms with van der Waals surface area (Å²) in [4.78, 5) is 0. The van der Waals surface area contributed by atoms with Gasteiger partial charge >= 0.3 is 0 Å². The second-order valence-electron chi connectivity index (χ2n) is 9.10. The summed E-state index contributed by atoms with van der Waals surface area (Å²) in [6, 6.07) is 0. The Kier molecular flexibility index (Phi) is 17.0. The van der Waals surface area contributed by atoms with Gasteiger partial charge in [0, 0.05) is 0 Å². The molecule has 1 saturated heterocycles. The van der Waals surface area contributed by atoms with Crippen LogP contribution < -0.4 is 5.73 Å². The van der Waals surface area contributed by atoms with Gasteiger partial charge in [-0.1, -0.05) is 96.3 Å². The third-order valence-electron chi connectivity index (χ3n) is 6.43. The van der Waals surface area contributed by atoms with Crippen LogP contribution in [0.1, 0.15) is 109 Å². The lowest BCUT2D eigenvalue weighted by Crippen LogP contribution is -2.58. The Morgan fingerprint density at radius 3 is 1.27 bits per heavy atom. The maximum absolute atomic E-state index is 10.0. The summed E-state index contributed by atoms with van der Waals surface area (Å²) in [6.07, 6.45) is 16.3. The number of nitrogens with two attached hydrogens (primary N) is 1. The minimum Gasteiger partial charge on any atom is -0.394 e. The van der Waals surface area contributed by atoms with E-state index in [9.17, 15) is 20.4 Å². The lowest BCUT2D eigenvalue weighted by atomic mass is 9.92. The van der Waals surface area contributed by atoms with E-state index in [1.165, 1.54) is 89.9 Å². The molecule has 6 heteroatoms. The van der Waals surface area contributed by atoms with Gasteiger partial charge in [0.2, 0.25) is 0 Å². The van der Waals surface area contributed by atoms with Gasteiger partial charge in [-0.3, -0.25) is 0 Å². The topological polar surface area (TPSA) is 116 Å². The van der Waals surface area contributed by atoms with Gasteiger partial charge in [-0.15, -0.1) is 0 Å². The summed E-state index contributed by atoms with van der Waals surface area (Å²) < 4.78 is 5.54. The fraction of sp³-hybridized carbons (Fsp3) is 1.00. The normalized spacial score (nSPS) is 26.9. The molecule has 1 aliphatic heterocycles. The van der Waals surface area contributed by atoms with Crippen LogP contribution in [0.5, 0.6) is 0 Å². The van der Waals surface area contributed by atoms with Crippen molar-refractivity contribution in [3.05, 3.63) is 0 Å². The number of unbranched alkanes of at least 4 members (excludes halogenated alkanes) is 15. The molecule has 30 heavy (non-hydrogen) atoms. The molecule has 0 saturated carbocycles. The van der Waals surface area contributed by atoms with Crippen molar-refractivity contribution < 1.29 is 25.2 Å². The van der Waals surface area contributed by atoms with Crippen molar-refractivity contribution in [2.45, 2.75) is 140 Å². The van der Waals surface area contributed by atoms with Crippen LogP contribution in [-0.2, 0) is 4.74 Å². The molecule has 0 spiro atoms. The third-order valence-corrected chi connectivity index (χ3v) is 6.43. The van der Waals surface area contributed by atoms with Crippen molar-refractivity contribution in [3.63, 3.8) is 0 Å². The Balaban J connectivity index is 1.85. The lowest BCUT2D eigenvalue weighted by Gasteiger charge is -2.40. The van der Waals surface area contributed by atoms with Gasteiger partial charge in [0.15, 0.2) is 0 Å². The third kappa shape index (κ3) is 12.0. The van der Waals surface area contributed by atoms with Gasteiger partial charge in [-0.25, -0.2) is 0 Å². The van der Waals surface area contributed by atoms with Gasteiger partial charge in [0.05, 0.1) is 12.7 Å². The van der Waals surface area contributed by atoms with E-state index in [4.69, 9.17) is 10.5 Å². The fourth-order valence-corrected chi connectivity index (χ4v) is 4.38. The smallest absolute Gasteiger partial charge is 0.111 e. The summed E-state index contributed by atoms with van der Waals surface area (Å²) in [5.41, 5.74) is 5.50. The van der Waals surface area contributed by atoms with E-state index < -0.39 is 30.5 Å². The summed E-state index contributed by atoms with van der Waals surface area (Å²) >= 11 is 0. The molecule has 0 aromatic heterocycles. The monoisotopic (exact) mass is 431 g/mol. The van der Waals surface area contributed by atoms with E-state index in [1.54, 1.807) is 0 Å². The highest BCUT2D eigenvalue weighted by Crippen LogP contribution is 2.25. The van der Waals surface area contributed by atoms with Gasteiger partial charge in [-0.2, -0.15) is 0 Å². The van der Waals surface area contributed by atoms with Crippen LogP contribution >= 0.6 is 0 Å². The molecule has 0 aromatic carbocycles. The zero-order chi connectivity index (χ0) is 22.0. The Hall–Kier alpha value is -0.240. The van der Waals surface area contributed by atoms with E-state index in [2.05, 4.69) is 0 Å². The molecule has 1 rings (SSSR count). The molecule has 6 nitrogen and oxygen atoms in total. The summed E-state index contributed by atoms with van der Waals surface area (Å²) in [7, 11) is 0. The van der Waals surface area contributed by atoms with E-state index in [0.717, 1.165) is 19.4 Å². The van der Waals surface area contributed by atoms with Crippen LogP contribution in [-0.4, -0.2) is 64.1 Å². The highest BCUT2D eigenvalue weighted by molar-refractivity contribution is 4.91. The van der Waals surface area contributed by atoms with Gasteiger partial charge in [0.25, 0.3) is 0 Å². The van der Waals surface area contributed by atoms with Crippen molar-refractivity contribution in [2.75, 3.05) is 13.2 Å². The van der Waals surface area contributed by atoms with Crippen LogP contribution in [0.2, 0.25) is 0 Å². The zero-order valence-corrected chi connectivity index (χ0v) is 19.1. The Morgan fingerprint density at radius 2 is 0.867 bits per heavy atom. The molecule has 0 bridgehead atoms. The molecule has 0 aromatic rings. The van der Waals surface area contributed by atoms with Crippen LogP contribution in [0.15, 0.2) is 0 Å². The predicted molar refractivity (Wildman–Crippen MR) is 121 cm³/mol. The van der Waals surface area contributed by atoms with Crippen LogP contribution in [0, 0.1) is 0 Å². The minimum absolute atomic E-state index is 0.351. The number of hydrogen-bond donors (Lipinski definition) is 5. The maximum atomic E-state index is 10.0. The molecule has 1 heterocycles. The highest BCUT2D eigenvalue weighted by Gasteiger charge is 2.42. The first kappa shape index (κ1) is 27.8. The molecule has 0 radical (unpaired) electrons. The Bertz CT molecular complexity index is 383. The van der Waals surface area contributed by atoms with Crippen molar-refractivity contribution >= 4 is 0 Å². The summed E-state index contributed by atoms with van der Waals surface area (Å²) in [6.45, 7) is 0.485. The fourth-order valence-electron chi connectivity index (χ4n) is 4.38. The molecule has 1 fully saturated rings. The van der Waals surface area contributed by atoms with Crippen LogP contribution in [0.4, 0.5) is 0 Å². The van der Waals surface area contributed by atoms with Gasteiger partial charge in [0.1, 0.15) is 24.4 Å². The molecule has 1 aliphatic rings. The summed E-state index contributed by atoms with van der Waals surface area (Å²) in [5.74, 6) is 0. The lowest BCUT2D eigenvalue weighted by molar-refractivity contribution is -0.230.